The summed E-state index contributed by atoms with van der Waals surface area (Å²) in [4.78, 5) is 40.4. The molecule has 0 bridgehead atoms. The Balaban J connectivity index is 1.51. The van der Waals surface area contributed by atoms with Gasteiger partial charge < -0.3 is 19.5 Å². The van der Waals surface area contributed by atoms with Crippen molar-refractivity contribution in [2.45, 2.75) is 72.4 Å². The van der Waals surface area contributed by atoms with E-state index in [1.165, 1.54) is 6.42 Å². The fourth-order valence-corrected chi connectivity index (χ4v) is 4.78. The molecule has 0 saturated carbocycles. The first kappa shape index (κ1) is 27.2. The molecule has 0 spiro atoms. The second-order valence-electron chi connectivity index (χ2n) is 11.1. The van der Waals surface area contributed by atoms with E-state index in [-0.39, 0.29) is 11.8 Å². The van der Waals surface area contributed by atoms with Crippen LogP contribution in [0, 0.1) is 13.8 Å². The van der Waals surface area contributed by atoms with E-state index >= 15 is 0 Å². The highest BCUT2D eigenvalue weighted by molar-refractivity contribution is 6.00. The molecule has 4 rings (SSSR count). The highest BCUT2D eigenvalue weighted by atomic mass is 16.6. The summed E-state index contributed by atoms with van der Waals surface area (Å²) in [5.41, 5.74) is 3.99. The van der Waals surface area contributed by atoms with E-state index in [0.717, 1.165) is 48.0 Å². The average Bonchev–Trinajstić information content (AvgIpc) is 3.20. The highest BCUT2D eigenvalue weighted by Gasteiger charge is 2.22. The fraction of sp³-hybridized carbons (Fsp3) is 0.433. The van der Waals surface area contributed by atoms with Crippen molar-refractivity contribution in [2.75, 3.05) is 23.7 Å². The summed E-state index contributed by atoms with van der Waals surface area (Å²) >= 11 is 0. The second-order valence-corrected chi connectivity index (χ2v) is 11.1. The zero-order valence-electron chi connectivity index (χ0n) is 23.2. The van der Waals surface area contributed by atoms with Gasteiger partial charge in [-0.05, 0) is 102 Å². The largest absolute Gasteiger partial charge is 0.444 e. The minimum absolute atomic E-state index is 0.0693. The molecule has 8 nitrogen and oxygen atoms in total. The molecule has 38 heavy (non-hydrogen) atoms. The number of carbonyl (C=O) groups is 3. The number of benzene rings is 2. The molecule has 3 amide bonds. The van der Waals surface area contributed by atoms with Crippen LogP contribution in [0.2, 0.25) is 0 Å². The number of fused-ring (bicyclic) bond motifs is 1. The first-order valence-electron chi connectivity index (χ1n) is 13.2. The van der Waals surface area contributed by atoms with Gasteiger partial charge in [0.1, 0.15) is 11.6 Å². The molecule has 2 aromatic carbocycles. The van der Waals surface area contributed by atoms with Gasteiger partial charge in [-0.25, -0.2) is 4.79 Å². The molecule has 2 N–H and O–H groups in total. The second kappa shape index (κ2) is 10.9. The molecule has 3 aromatic rings. The number of nitrogens with one attached hydrogen (secondary N) is 2. The average molecular weight is 519 g/mol. The predicted molar refractivity (Wildman–Crippen MR) is 151 cm³/mol. The number of hydrogen-bond acceptors (Lipinski definition) is 4. The highest BCUT2D eigenvalue weighted by Crippen LogP contribution is 2.28. The maximum atomic E-state index is 13.3. The number of aryl methyl sites for hydroxylation is 2. The number of likely N-dealkylation sites (tertiary alicyclic amines) is 1. The first-order valence-corrected chi connectivity index (χ1v) is 13.2. The molecule has 1 aromatic heterocycles. The minimum Gasteiger partial charge on any atom is -0.444 e. The van der Waals surface area contributed by atoms with Gasteiger partial charge in [0.25, 0.3) is 5.91 Å². The van der Waals surface area contributed by atoms with Gasteiger partial charge in [-0.1, -0.05) is 6.07 Å². The molecule has 1 aliphatic heterocycles. The number of nitrogens with zero attached hydrogens (tertiary/aromatic N) is 2. The quantitative estimate of drug-likeness (QED) is 0.407. The number of hydrogen-bond donors (Lipinski definition) is 2. The normalized spacial score (nSPS) is 14.7. The van der Waals surface area contributed by atoms with Crippen molar-refractivity contribution in [3.8, 4) is 0 Å². The third-order valence-electron chi connectivity index (χ3n) is 6.86. The van der Waals surface area contributed by atoms with Gasteiger partial charge in [0, 0.05) is 47.1 Å². The van der Waals surface area contributed by atoms with Crippen LogP contribution in [0.15, 0.2) is 42.6 Å². The lowest BCUT2D eigenvalue weighted by molar-refractivity contribution is -0.118. The van der Waals surface area contributed by atoms with Crippen molar-refractivity contribution >= 4 is 40.2 Å². The van der Waals surface area contributed by atoms with Crippen molar-refractivity contribution in [1.82, 2.24) is 9.47 Å². The molecule has 1 saturated heterocycles. The fourth-order valence-electron chi connectivity index (χ4n) is 4.78. The number of piperidine rings is 1. The minimum atomic E-state index is -0.611. The van der Waals surface area contributed by atoms with Crippen LogP contribution in [0.3, 0.4) is 0 Å². The summed E-state index contributed by atoms with van der Waals surface area (Å²) in [6.07, 6.45) is 4.68. The van der Waals surface area contributed by atoms with Crippen LogP contribution in [-0.4, -0.2) is 46.1 Å². The molecule has 1 atom stereocenters. The molecule has 1 aliphatic rings. The summed E-state index contributed by atoms with van der Waals surface area (Å²) in [7, 11) is 0. The van der Waals surface area contributed by atoms with Crippen LogP contribution in [0.25, 0.3) is 10.9 Å². The standard InChI is InChI=1S/C30H38N4O4/c1-19-10-12-23(31-29(37)38-30(4,5)6)17-25(19)32-27(35)21(3)34-18-20(2)24-16-22(11-13-26(24)34)28(36)33-14-8-7-9-15-33/h10-13,16-18,21H,7-9,14-15H2,1-6H3,(H,31,37)(H,32,35). The van der Waals surface area contributed by atoms with Gasteiger partial charge in [0.05, 0.1) is 0 Å². The van der Waals surface area contributed by atoms with Crippen molar-refractivity contribution in [2.24, 2.45) is 0 Å². The number of anilines is 2. The lowest BCUT2D eigenvalue weighted by Crippen LogP contribution is -2.35. The van der Waals surface area contributed by atoms with E-state index in [9.17, 15) is 14.4 Å². The van der Waals surface area contributed by atoms with E-state index in [1.54, 1.807) is 32.9 Å². The van der Waals surface area contributed by atoms with Gasteiger partial charge in [-0.3, -0.25) is 14.9 Å². The molecule has 1 unspecified atom stereocenters. The van der Waals surface area contributed by atoms with Crippen molar-refractivity contribution in [3.05, 3.63) is 59.3 Å². The van der Waals surface area contributed by atoms with Crippen molar-refractivity contribution in [1.29, 1.82) is 0 Å². The Morgan fingerprint density at radius 1 is 0.921 bits per heavy atom. The van der Waals surface area contributed by atoms with Crippen LogP contribution < -0.4 is 10.6 Å². The Hall–Kier alpha value is -3.81. The number of aromatic nitrogens is 1. The Kier molecular flexibility index (Phi) is 7.81. The maximum Gasteiger partial charge on any atom is 0.412 e. The number of rotatable bonds is 5. The number of ether oxygens (including phenoxy) is 1. The van der Waals surface area contributed by atoms with E-state index in [0.29, 0.717) is 16.9 Å². The van der Waals surface area contributed by atoms with Crippen LogP contribution in [-0.2, 0) is 9.53 Å². The van der Waals surface area contributed by atoms with Crippen LogP contribution in [0.5, 0.6) is 0 Å². The lowest BCUT2D eigenvalue weighted by Gasteiger charge is -2.26. The molecular formula is C30H38N4O4. The summed E-state index contributed by atoms with van der Waals surface area (Å²) in [6, 6.07) is 10.6. The van der Waals surface area contributed by atoms with E-state index in [2.05, 4.69) is 10.6 Å². The maximum absolute atomic E-state index is 13.3. The van der Waals surface area contributed by atoms with E-state index in [4.69, 9.17) is 4.74 Å². The van der Waals surface area contributed by atoms with E-state index < -0.39 is 17.7 Å². The SMILES string of the molecule is Cc1ccc(NC(=O)OC(C)(C)C)cc1NC(=O)C(C)n1cc(C)c2cc(C(=O)N3CCCCC3)ccc21. The lowest BCUT2D eigenvalue weighted by atomic mass is 10.1. The van der Waals surface area contributed by atoms with Gasteiger partial charge in [0.15, 0.2) is 0 Å². The number of carbonyl (C=O) groups excluding carboxylic acids is 3. The van der Waals surface area contributed by atoms with Gasteiger partial charge in [-0.2, -0.15) is 0 Å². The molecular weight excluding hydrogens is 480 g/mol. The Labute approximate surface area is 224 Å². The monoisotopic (exact) mass is 518 g/mol. The zero-order chi connectivity index (χ0) is 27.6. The summed E-state index contributed by atoms with van der Waals surface area (Å²) in [5, 5.41) is 6.69. The van der Waals surface area contributed by atoms with Crippen LogP contribution in [0.1, 0.15) is 74.5 Å². The summed E-state index contributed by atoms with van der Waals surface area (Å²) < 4.78 is 7.26. The van der Waals surface area contributed by atoms with E-state index in [1.807, 2.05) is 60.7 Å². The topological polar surface area (TPSA) is 92.7 Å². The predicted octanol–water partition coefficient (Wildman–Crippen LogP) is 6.43. The van der Waals surface area contributed by atoms with Crippen LogP contribution in [0.4, 0.5) is 16.2 Å². The van der Waals surface area contributed by atoms with Crippen LogP contribution >= 0.6 is 0 Å². The Morgan fingerprint density at radius 2 is 1.63 bits per heavy atom. The molecule has 202 valence electrons. The van der Waals surface area contributed by atoms with Gasteiger partial charge >= 0.3 is 6.09 Å². The molecule has 2 heterocycles. The van der Waals surface area contributed by atoms with Crippen molar-refractivity contribution < 1.29 is 19.1 Å². The third-order valence-corrected chi connectivity index (χ3v) is 6.86. The number of amides is 3. The molecule has 8 heteroatoms. The molecule has 0 aliphatic carbocycles. The summed E-state index contributed by atoms with van der Waals surface area (Å²) in [5.74, 6) is -0.118. The Morgan fingerprint density at radius 3 is 2.32 bits per heavy atom. The first-order chi connectivity index (χ1) is 17.9. The zero-order valence-corrected chi connectivity index (χ0v) is 23.2. The van der Waals surface area contributed by atoms with Gasteiger partial charge in [-0.15, -0.1) is 0 Å². The summed E-state index contributed by atoms with van der Waals surface area (Å²) in [6.45, 7) is 12.8. The molecule has 0 radical (unpaired) electrons. The molecule has 1 fully saturated rings. The van der Waals surface area contributed by atoms with Gasteiger partial charge in [0.2, 0.25) is 5.91 Å². The third kappa shape index (κ3) is 6.18. The smallest absolute Gasteiger partial charge is 0.412 e. The Bertz CT molecular complexity index is 1360. The van der Waals surface area contributed by atoms with Crippen molar-refractivity contribution in [3.63, 3.8) is 0 Å².